The van der Waals surface area contributed by atoms with Gasteiger partial charge in [0.2, 0.25) is 0 Å². The summed E-state index contributed by atoms with van der Waals surface area (Å²) in [6.07, 6.45) is 4.91. The van der Waals surface area contributed by atoms with Crippen molar-refractivity contribution in [3.05, 3.63) is 0 Å². The highest BCUT2D eigenvalue weighted by Crippen LogP contribution is 2.28. The standard InChI is InChI=1S/C14H27N3O2/c1-11-9-13(11)17-14(15-2)16-6-4-7-18-10-12-5-3-8-19-12/h11-13H,3-10H2,1-2H3,(H2,15,16,17). The zero-order valence-corrected chi connectivity index (χ0v) is 12.2. The number of rotatable bonds is 7. The summed E-state index contributed by atoms with van der Waals surface area (Å²) in [7, 11) is 1.82. The van der Waals surface area contributed by atoms with Gasteiger partial charge in [0.15, 0.2) is 5.96 Å². The molecule has 5 nitrogen and oxygen atoms in total. The molecule has 5 heteroatoms. The third kappa shape index (κ3) is 5.37. The maximum Gasteiger partial charge on any atom is 0.191 e. The van der Waals surface area contributed by atoms with Gasteiger partial charge in [0, 0.05) is 32.8 Å². The lowest BCUT2D eigenvalue weighted by atomic mass is 10.2. The summed E-state index contributed by atoms with van der Waals surface area (Å²) in [4.78, 5) is 4.22. The minimum Gasteiger partial charge on any atom is -0.379 e. The number of hydrogen-bond donors (Lipinski definition) is 2. The number of guanidine groups is 1. The molecule has 2 fully saturated rings. The van der Waals surface area contributed by atoms with E-state index < -0.39 is 0 Å². The number of nitrogens with zero attached hydrogens (tertiary/aromatic N) is 1. The molecule has 1 saturated carbocycles. The average molecular weight is 269 g/mol. The second kappa shape index (κ2) is 7.70. The molecule has 0 aromatic heterocycles. The van der Waals surface area contributed by atoms with Crippen LogP contribution in [0.25, 0.3) is 0 Å². The Morgan fingerprint density at radius 2 is 2.32 bits per heavy atom. The number of aliphatic imine (C=N–C) groups is 1. The Morgan fingerprint density at radius 3 is 2.95 bits per heavy atom. The first-order valence-electron chi connectivity index (χ1n) is 7.46. The van der Waals surface area contributed by atoms with Gasteiger partial charge in [-0.3, -0.25) is 4.99 Å². The van der Waals surface area contributed by atoms with Crippen molar-refractivity contribution in [1.82, 2.24) is 10.6 Å². The van der Waals surface area contributed by atoms with E-state index in [1.165, 1.54) is 12.8 Å². The van der Waals surface area contributed by atoms with Crippen LogP contribution < -0.4 is 10.6 Å². The summed E-state index contributed by atoms with van der Waals surface area (Å²) in [5.41, 5.74) is 0. The van der Waals surface area contributed by atoms with Gasteiger partial charge in [-0.05, 0) is 31.6 Å². The maximum atomic E-state index is 5.62. The topological polar surface area (TPSA) is 54.9 Å². The lowest BCUT2D eigenvalue weighted by Gasteiger charge is -2.12. The fourth-order valence-electron chi connectivity index (χ4n) is 2.26. The van der Waals surface area contributed by atoms with Crippen molar-refractivity contribution in [1.29, 1.82) is 0 Å². The Hall–Kier alpha value is -0.810. The fourth-order valence-corrected chi connectivity index (χ4v) is 2.26. The van der Waals surface area contributed by atoms with Gasteiger partial charge in [-0.25, -0.2) is 0 Å². The second-order valence-corrected chi connectivity index (χ2v) is 5.53. The van der Waals surface area contributed by atoms with Crippen LogP contribution in [0.15, 0.2) is 4.99 Å². The van der Waals surface area contributed by atoms with Crippen molar-refractivity contribution < 1.29 is 9.47 Å². The molecule has 0 radical (unpaired) electrons. The minimum atomic E-state index is 0.332. The van der Waals surface area contributed by atoms with E-state index in [1.807, 2.05) is 7.05 Å². The molecular formula is C14H27N3O2. The third-order valence-corrected chi connectivity index (χ3v) is 3.74. The predicted octanol–water partition coefficient (Wildman–Crippen LogP) is 1.15. The van der Waals surface area contributed by atoms with Gasteiger partial charge in [0.25, 0.3) is 0 Å². The fraction of sp³-hybridized carbons (Fsp3) is 0.929. The maximum absolute atomic E-state index is 5.62. The Bertz CT molecular complexity index is 290. The SMILES string of the molecule is CN=C(NCCCOCC1CCCO1)NC1CC1C. The van der Waals surface area contributed by atoms with E-state index in [4.69, 9.17) is 9.47 Å². The normalized spacial score (nSPS) is 30.4. The highest BCUT2D eigenvalue weighted by atomic mass is 16.5. The van der Waals surface area contributed by atoms with Crippen molar-refractivity contribution >= 4 is 5.96 Å². The molecule has 1 saturated heterocycles. The molecule has 0 spiro atoms. The molecule has 110 valence electrons. The summed E-state index contributed by atoms with van der Waals surface area (Å²) in [6.45, 7) is 5.57. The quantitative estimate of drug-likeness (QED) is 0.413. The minimum absolute atomic E-state index is 0.332. The smallest absolute Gasteiger partial charge is 0.191 e. The molecule has 0 aromatic carbocycles. The number of nitrogens with one attached hydrogen (secondary N) is 2. The molecule has 2 rings (SSSR count). The molecular weight excluding hydrogens is 242 g/mol. The van der Waals surface area contributed by atoms with Crippen LogP contribution >= 0.6 is 0 Å². The predicted molar refractivity (Wildman–Crippen MR) is 76.5 cm³/mol. The molecule has 2 aliphatic rings. The summed E-state index contributed by atoms with van der Waals surface area (Å²) < 4.78 is 11.1. The first-order valence-corrected chi connectivity index (χ1v) is 7.46. The second-order valence-electron chi connectivity index (χ2n) is 5.53. The largest absolute Gasteiger partial charge is 0.379 e. The van der Waals surface area contributed by atoms with Crippen LogP contribution in [-0.2, 0) is 9.47 Å². The van der Waals surface area contributed by atoms with E-state index >= 15 is 0 Å². The Labute approximate surface area is 116 Å². The van der Waals surface area contributed by atoms with E-state index in [1.54, 1.807) is 0 Å². The number of ether oxygens (including phenoxy) is 2. The monoisotopic (exact) mass is 269 g/mol. The molecule has 1 aliphatic heterocycles. The van der Waals surface area contributed by atoms with Gasteiger partial charge < -0.3 is 20.1 Å². The summed E-state index contributed by atoms with van der Waals surface area (Å²) >= 11 is 0. The Balaban J connectivity index is 1.44. The van der Waals surface area contributed by atoms with E-state index in [0.717, 1.165) is 51.1 Å². The molecule has 2 N–H and O–H groups in total. The van der Waals surface area contributed by atoms with Crippen LogP contribution in [0.3, 0.4) is 0 Å². The van der Waals surface area contributed by atoms with E-state index in [-0.39, 0.29) is 0 Å². The molecule has 0 amide bonds. The highest BCUT2D eigenvalue weighted by molar-refractivity contribution is 5.80. The first-order chi connectivity index (χ1) is 9.29. The molecule has 1 aliphatic carbocycles. The van der Waals surface area contributed by atoms with Gasteiger partial charge in [0.1, 0.15) is 0 Å². The van der Waals surface area contributed by atoms with Gasteiger partial charge in [-0.2, -0.15) is 0 Å². The van der Waals surface area contributed by atoms with Crippen molar-refractivity contribution in [2.75, 3.05) is 33.4 Å². The molecule has 3 unspecified atom stereocenters. The molecule has 3 atom stereocenters. The third-order valence-electron chi connectivity index (χ3n) is 3.74. The van der Waals surface area contributed by atoms with Crippen molar-refractivity contribution in [3.8, 4) is 0 Å². The van der Waals surface area contributed by atoms with Crippen LogP contribution in [-0.4, -0.2) is 51.5 Å². The summed E-state index contributed by atoms with van der Waals surface area (Å²) in [6, 6.07) is 0.613. The zero-order valence-electron chi connectivity index (χ0n) is 12.2. The highest BCUT2D eigenvalue weighted by Gasteiger charge is 2.33. The van der Waals surface area contributed by atoms with Crippen LogP contribution in [0.5, 0.6) is 0 Å². The molecule has 19 heavy (non-hydrogen) atoms. The van der Waals surface area contributed by atoms with Gasteiger partial charge >= 0.3 is 0 Å². The van der Waals surface area contributed by atoms with E-state index in [0.29, 0.717) is 12.1 Å². The van der Waals surface area contributed by atoms with Crippen LogP contribution in [0.2, 0.25) is 0 Å². The zero-order chi connectivity index (χ0) is 13.5. The first kappa shape index (κ1) is 14.6. The molecule has 0 aromatic rings. The summed E-state index contributed by atoms with van der Waals surface area (Å²) in [5.74, 6) is 1.70. The lowest BCUT2D eigenvalue weighted by molar-refractivity contribution is 0.0168. The Kier molecular flexibility index (Phi) is 5.92. The van der Waals surface area contributed by atoms with Gasteiger partial charge in [-0.15, -0.1) is 0 Å². The van der Waals surface area contributed by atoms with E-state index in [9.17, 15) is 0 Å². The van der Waals surface area contributed by atoms with Crippen LogP contribution in [0.4, 0.5) is 0 Å². The Morgan fingerprint density at radius 1 is 1.47 bits per heavy atom. The average Bonchev–Trinajstić information content (AvgIpc) is 2.91. The molecule has 0 bridgehead atoms. The number of hydrogen-bond acceptors (Lipinski definition) is 3. The molecule has 1 heterocycles. The van der Waals surface area contributed by atoms with Crippen molar-refractivity contribution in [3.63, 3.8) is 0 Å². The van der Waals surface area contributed by atoms with Crippen LogP contribution in [0, 0.1) is 5.92 Å². The van der Waals surface area contributed by atoms with Crippen molar-refractivity contribution in [2.45, 2.75) is 44.8 Å². The van der Waals surface area contributed by atoms with Gasteiger partial charge in [-0.1, -0.05) is 6.92 Å². The lowest BCUT2D eigenvalue weighted by Crippen LogP contribution is -2.39. The van der Waals surface area contributed by atoms with Gasteiger partial charge in [0.05, 0.1) is 12.7 Å². The van der Waals surface area contributed by atoms with Crippen LogP contribution in [0.1, 0.15) is 32.6 Å². The summed E-state index contributed by atoms with van der Waals surface area (Å²) in [5, 5.41) is 6.72. The van der Waals surface area contributed by atoms with Crippen molar-refractivity contribution in [2.24, 2.45) is 10.9 Å². The van der Waals surface area contributed by atoms with E-state index in [2.05, 4.69) is 22.5 Å².